The van der Waals surface area contributed by atoms with Crippen LogP contribution in [0.25, 0.3) is 0 Å². The third-order valence-electron chi connectivity index (χ3n) is 3.37. The standard InChI is InChI=1S/C12H18N4O/c13-7-9-3-1-2-4-11(9)16-12(17)10-5-6-14-15-8-10/h5-6,8-9,11H,1-4,7,13H2,(H,16,17). The van der Waals surface area contributed by atoms with Gasteiger partial charge in [-0.2, -0.15) is 10.2 Å². The number of aromatic nitrogens is 2. The van der Waals surface area contributed by atoms with E-state index in [4.69, 9.17) is 5.73 Å². The van der Waals surface area contributed by atoms with Gasteiger partial charge in [-0.25, -0.2) is 0 Å². The topological polar surface area (TPSA) is 80.9 Å². The van der Waals surface area contributed by atoms with Crippen LogP contribution in [0.4, 0.5) is 0 Å². The van der Waals surface area contributed by atoms with E-state index in [-0.39, 0.29) is 11.9 Å². The maximum atomic E-state index is 12.0. The number of carbonyl (C=O) groups is 1. The van der Waals surface area contributed by atoms with Gasteiger partial charge in [0, 0.05) is 6.04 Å². The predicted molar refractivity (Wildman–Crippen MR) is 64.3 cm³/mol. The van der Waals surface area contributed by atoms with Crippen molar-refractivity contribution in [2.24, 2.45) is 11.7 Å². The second-order valence-corrected chi connectivity index (χ2v) is 4.49. The molecule has 1 aliphatic rings. The molecule has 1 aromatic rings. The summed E-state index contributed by atoms with van der Waals surface area (Å²) in [6, 6.07) is 1.87. The summed E-state index contributed by atoms with van der Waals surface area (Å²) in [7, 11) is 0. The summed E-state index contributed by atoms with van der Waals surface area (Å²) in [5, 5.41) is 10.4. The summed E-state index contributed by atoms with van der Waals surface area (Å²) in [5.41, 5.74) is 6.29. The Hall–Kier alpha value is -1.49. The lowest BCUT2D eigenvalue weighted by molar-refractivity contribution is 0.0907. The molecule has 0 saturated heterocycles. The van der Waals surface area contributed by atoms with Gasteiger partial charge in [-0.3, -0.25) is 4.79 Å². The third-order valence-corrected chi connectivity index (χ3v) is 3.37. The molecule has 1 aromatic heterocycles. The van der Waals surface area contributed by atoms with E-state index >= 15 is 0 Å². The van der Waals surface area contributed by atoms with Gasteiger partial charge in [-0.15, -0.1) is 0 Å². The Morgan fingerprint density at radius 2 is 2.24 bits per heavy atom. The van der Waals surface area contributed by atoms with E-state index in [2.05, 4.69) is 15.5 Å². The van der Waals surface area contributed by atoms with Crippen LogP contribution in [-0.2, 0) is 0 Å². The van der Waals surface area contributed by atoms with Crippen molar-refractivity contribution in [3.63, 3.8) is 0 Å². The summed E-state index contributed by atoms with van der Waals surface area (Å²) in [6.07, 6.45) is 7.51. The highest BCUT2D eigenvalue weighted by Crippen LogP contribution is 2.23. The van der Waals surface area contributed by atoms with Gasteiger partial charge in [0.2, 0.25) is 0 Å². The minimum atomic E-state index is -0.0785. The SMILES string of the molecule is NCC1CCCCC1NC(=O)c1ccnnc1. The average molecular weight is 234 g/mol. The Balaban J connectivity index is 1.98. The minimum Gasteiger partial charge on any atom is -0.349 e. The van der Waals surface area contributed by atoms with E-state index in [1.807, 2.05) is 0 Å². The smallest absolute Gasteiger partial charge is 0.253 e. The maximum Gasteiger partial charge on any atom is 0.253 e. The highest BCUT2D eigenvalue weighted by molar-refractivity contribution is 5.93. The Bertz CT molecular complexity index is 368. The second-order valence-electron chi connectivity index (χ2n) is 4.49. The first kappa shape index (κ1) is 12.0. The highest BCUT2D eigenvalue weighted by atomic mass is 16.1. The molecule has 1 aliphatic carbocycles. The molecule has 1 fully saturated rings. The highest BCUT2D eigenvalue weighted by Gasteiger charge is 2.25. The number of nitrogens with two attached hydrogens (primary N) is 1. The fourth-order valence-corrected chi connectivity index (χ4v) is 2.36. The lowest BCUT2D eigenvalue weighted by Crippen LogP contribution is -2.44. The Morgan fingerprint density at radius 1 is 1.41 bits per heavy atom. The molecule has 5 heteroatoms. The maximum absolute atomic E-state index is 12.0. The van der Waals surface area contributed by atoms with Gasteiger partial charge >= 0.3 is 0 Å². The molecule has 1 amide bonds. The molecule has 2 atom stereocenters. The number of hydrogen-bond donors (Lipinski definition) is 2. The van der Waals surface area contributed by atoms with E-state index < -0.39 is 0 Å². The number of nitrogens with zero attached hydrogens (tertiary/aromatic N) is 2. The monoisotopic (exact) mass is 234 g/mol. The summed E-state index contributed by atoms with van der Waals surface area (Å²) in [4.78, 5) is 12.0. The Kier molecular flexibility index (Phi) is 4.03. The Morgan fingerprint density at radius 3 is 2.94 bits per heavy atom. The largest absolute Gasteiger partial charge is 0.349 e. The van der Waals surface area contributed by atoms with Crippen molar-refractivity contribution in [2.75, 3.05) is 6.54 Å². The van der Waals surface area contributed by atoms with Crippen molar-refractivity contribution >= 4 is 5.91 Å². The van der Waals surface area contributed by atoms with Crippen LogP contribution in [0.5, 0.6) is 0 Å². The molecular weight excluding hydrogens is 216 g/mol. The van der Waals surface area contributed by atoms with Crippen molar-refractivity contribution in [2.45, 2.75) is 31.7 Å². The molecule has 0 radical (unpaired) electrons. The molecule has 0 bridgehead atoms. The van der Waals surface area contributed by atoms with Crippen LogP contribution in [-0.4, -0.2) is 28.7 Å². The van der Waals surface area contributed by atoms with Crippen LogP contribution >= 0.6 is 0 Å². The van der Waals surface area contributed by atoms with Gasteiger partial charge in [-0.05, 0) is 31.4 Å². The lowest BCUT2D eigenvalue weighted by Gasteiger charge is -2.31. The van der Waals surface area contributed by atoms with E-state index in [1.165, 1.54) is 18.8 Å². The van der Waals surface area contributed by atoms with Crippen molar-refractivity contribution in [1.29, 1.82) is 0 Å². The quantitative estimate of drug-likeness (QED) is 0.807. The zero-order valence-corrected chi connectivity index (χ0v) is 9.80. The number of carbonyl (C=O) groups excluding carboxylic acids is 1. The fourth-order valence-electron chi connectivity index (χ4n) is 2.36. The van der Waals surface area contributed by atoms with Crippen molar-refractivity contribution in [1.82, 2.24) is 15.5 Å². The summed E-state index contributed by atoms with van der Waals surface area (Å²) >= 11 is 0. The number of amides is 1. The lowest BCUT2D eigenvalue weighted by atomic mass is 9.84. The summed E-state index contributed by atoms with van der Waals surface area (Å²) in [6.45, 7) is 0.638. The number of rotatable bonds is 3. The molecule has 0 aromatic carbocycles. The number of nitrogens with one attached hydrogen (secondary N) is 1. The molecule has 17 heavy (non-hydrogen) atoms. The van der Waals surface area contributed by atoms with Gasteiger partial charge in [0.05, 0.1) is 18.0 Å². The molecule has 1 heterocycles. The van der Waals surface area contributed by atoms with Gasteiger partial charge in [0.1, 0.15) is 0 Å². The van der Waals surface area contributed by atoms with Crippen molar-refractivity contribution in [3.05, 3.63) is 24.0 Å². The summed E-state index contributed by atoms with van der Waals surface area (Å²) < 4.78 is 0. The first-order valence-electron chi connectivity index (χ1n) is 6.09. The molecular formula is C12H18N4O. The fraction of sp³-hybridized carbons (Fsp3) is 0.583. The van der Waals surface area contributed by atoms with E-state index in [0.29, 0.717) is 18.0 Å². The Labute approximate surface area is 101 Å². The summed E-state index contributed by atoms with van der Waals surface area (Å²) in [5.74, 6) is 0.327. The first-order chi connectivity index (χ1) is 8.31. The normalized spacial score (nSPS) is 24.3. The van der Waals surface area contributed by atoms with Crippen molar-refractivity contribution in [3.8, 4) is 0 Å². The van der Waals surface area contributed by atoms with Gasteiger partial charge in [0.15, 0.2) is 0 Å². The molecule has 2 unspecified atom stereocenters. The molecule has 5 nitrogen and oxygen atoms in total. The zero-order chi connectivity index (χ0) is 12.1. The molecule has 3 N–H and O–H groups in total. The molecule has 2 rings (SSSR count). The van der Waals surface area contributed by atoms with E-state index in [0.717, 1.165) is 19.3 Å². The van der Waals surface area contributed by atoms with Gasteiger partial charge in [0.25, 0.3) is 5.91 Å². The van der Waals surface area contributed by atoms with Crippen LogP contribution in [0.2, 0.25) is 0 Å². The second kappa shape index (κ2) is 5.72. The van der Waals surface area contributed by atoms with Crippen LogP contribution < -0.4 is 11.1 Å². The minimum absolute atomic E-state index is 0.0785. The van der Waals surface area contributed by atoms with E-state index in [9.17, 15) is 4.79 Å². The van der Waals surface area contributed by atoms with Crippen molar-refractivity contribution < 1.29 is 4.79 Å². The predicted octanol–water partition coefficient (Wildman–Crippen LogP) is 0.724. The third kappa shape index (κ3) is 3.00. The van der Waals surface area contributed by atoms with Crippen LogP contribution in [0.15, 0.2) is 18.5 Å². The molecule has 0 spiro atoms. The molecule has 0 aliphatic heterocycles. The number of hydrogen-bond acceptors (Lipinski definition) is 4. The van der Waals surface area contributed by atoms with Gasteiger partial charge < -0.3 is 11.1 Å². The van der Waals surface area contributed by atoms with Crippen LogP contribution in [0.3, 0.4) is 0 Å². The average Bonchev–Trinajstić information content (AvgIpc) is 2.40. The molecule has 1 saturated carbocycles. The first-order valence-corrected chi connectivity index (χ1v) is 6.09. The van der Waals surface area contributed by atoms with Crippen LogP contribution in [0.1, 0.15) is 36.0 Å². The zero-order valence-electron chi connectivity index (χ0n) is 9.80. The van der Waals surface area contributed by atoms with Gasteiger partial charge in [-0.1, -0.05) is 12.8 Å². The van der Waals surface area contributed by atoms with E-state index in [1.54, 1.807) is 6.07 Å². The van der Waals surface area contributed by atoms with Crippen LogP contribution in [0, 0.1) is 5.92 Å². The molecule has 92 valence electrons.